The summed E-state index contributed by atoms with van der Waals surface area (Å²) in [7, 11) is -3.73. The van der Waals surface area contributed by atoms with Crippen LogP contribution in [0.3, 0.4) is 0 Å². The lowest BCUT2D eigenvalue weighted by atomic mass is 9.87. The van der Waals surface area contributed by atoms with E-state index in [0.717, 1.165) is 19.3 Å². The Morgan fingerprint density at radius 2 is 1.63 bits per heavy atom. The van der Waals surface area contributed by atoms with E-state index in [-0.39, 0.29) is 16.8 Å². The number of sulfonamides is 1. The van der Waals surface area contributed by atoms with E-state index in [1.54, 1.807) is 24.3 Å². The summed E-state index contributed by atoms with van der Waals surface area (Å²) in [6, 6.07) is 20.5. The van der Waals surface area contributed by atoms with Gasteiger partial charge in [-0.25, -0.2) is 8.42 Å². The monoisotopic (exact) mass is 440 g/mol. The van der Waals surface area contributed by atoms with Crippen LogP contribution in [0, 0.1) is 0 Å². The van der Waals surface area contributed by atoms with Crippen molar-refractivity contribution in [2.24, 2.45) is 0 Å². The number of fused-ring (bicyclic) bond motifs is 1. The summed E-state index contributed by atoms with van der Waals surface area (Å²) in [5.74, 6) is -0.177. The second kappa shape index (κ2) is 8.50. The van der Waals surface area contributed by atoms with Crippen LogP contribution in [0.2, 0.25) is 5.02 Å². The first-order valence-corrected chi connectivity index (χ1v) is 11.6. The van der Waals surface area contributed by atoms with Gasteiger partial charge in [-0.15, -0.1) is 0 Å². The highest BCUT2D eigenvalue weighted by Crippen LogP contribution is 2.29. The van der Waals surface area contributed by atoms with Crippen LogP contribution in [0.5, 0.6) is 0 Å². The molecule has 0 saturated heterocycles. The first kappa shape index (κ1) is 20.4. The molecule has 0 aliphatic heterocycles. The van der Waals surface area contributed by atoms with E-state index in [0.29, 0.717) is 16.3 Å². The molecule has 5 nitrogen and oxygen atoms in total. The smallest absolute Gasteiger partial charge is 0.261 e. The number of hydrogen-bond donors (Lipinski definition) is 2. The van der Waals surface area contributed by atoms with Gasteiger partial charge in [0.05, 0.1) is 10.9 Å². The Morgan fingerprint density at radius 1 is 0.933 bits per heavy atom. The molecule has 1 aliphatic rings. The highest BCUT2D eigenvalue weighted by molar-refractivity contribution is 7.92. The van der Waals surface area contributed by atoms with Crippen LogP contribution < -0.4 is 10.0 Å². The number of rotatable bonds is 5. The molecule has 0 spiro atoms. The van der Waals surface area contributed by atoms with Crippen molar-refractivity contribution in [2.45, 2.75) is 30.2 Å². The summed E-state index contributed by atoms with van der Waals surface area (Å²) < 4.78 is 27.5. The standard InChI is InChI=1S/C23H21ClN2O3S/c24-18-10-14-20(15-11-18)30(28,29)26-19-12-8-17(9-13-19)23(27)25-22-7-3-5-16-4-1-2-6-21(16)22/h1-2,4,6,8-15,22,26H,3,5,7H2,(H,25,27)/t22-/m0/s1. The van der Waals surface area contributed by atoms with Crippen LogP contribution >= 0.6 is 11.6 Å². The number of amides is 1. The predicted octanol–water partition coefficient (Wildman–Crippen LogP) is 4.95. The molecule has 3 aromatic carbocycles. The van der Waals surface area contributed by atoms with E-state index in [1.165, 1.54) is 35.4 Å². The van der Waals surface area contributed by atoms with Crippen molar-refractivity contribution < 1.29 is 13.2 Å². The number of hydrogen-bond acceptors (Lipinski definition) is 3. The number of benzene rings is 3. The maximum atomic E-state index is 12.7. The lowest BCUT2D eigenvalue weighted by molar-refractivity contribution is 0.0933. The van der Waals surface area contributed by atoms with E-state index in [9.17, 15) is 13.2 Å². The van der Waals surface area contributed by atoms with Gasteiger partial charge in [-0.3, -0.25) is 9.52 Å². The van der Waals surface area contributed by atoms with E-state index >= 15 is 0 Å². The van der Waals surface area contributed by atoms with Gasteiger partial charge < -0.3 is 5.32 Å². The van der Waals surface area contributed by atoms with Gasteiger partial charge in [0.1, 0.15) is 0 Å². The minimum atomic E-state index is -3.73. The van der Waals surface area contributed by atoms with Crippen molar-refractivity contribution in [2.75, 3.05) is 4.72 Å². The van der Waals surface area contributed by atoms with Crippen LogP contribution in [0.15, 0.2) is 77.7 Å². The largest absolute Gasteiger partial charge is 0.345 e. The molecule has 0 unspecified atom stereocenters. The number of anilines is 1. The third kappa shape index (κ3) is 4.50. The third-order valence-electron chi connectivity index (χ3n) is 5.20. The van der Waals surface area contributed by atoms with Crippen molar-refractivity contribution in [1.29, 1.82) is 0 Å². The lowest BCUT2D eigenvalue weighted by Gasteiger charge is -2.26. The minimum Gasteiger partial charge on any atom is -0.345 e. The Hall–Kier alpha value is -2.83. The molecule has 3 aromatic rings. The highest BCUT2D eigenvalue weighted by Gasteiger charge is 2.22. The maximum Gasteiger partial charge on any atom is 0.261 e. The van der Waals surface area contributed by atoms with E-state index in [1.807, 2.05) is 12.1 Å². The first-order chi connectivity index (χ1) is 14.4. The van der Waals surface area contributed by atoms with Crippen LogP contribution in [0.4, 0.5) is 5.69 Å². The Morgan fingerprint density at radius 3 is 2.37 bits per heavy atom. The number of carbonyl (C=O) groups excluding carboxylic acids is 1. The van der Waals surface area contributed by atoms with Gasteiger partial charge in [0.2, 0.25) is 0 Å². The summed E-state index contributed by atoms with van der Waals surface area (Å²) in [5.41, 5.74) is 3.31. The fraction of sp³-hybridized carbons (Fsp3) is 0.174. The Balaban J connectivity index is 1.45. The van der Waals surface area contributed by atoms with E-state index in [4.69, 9.17) is 11.6 Å². The molecule has 0 bridgehead atoms. The first-order valence-electron chi connectivity index (χ1n) is 9.69. The summed E-state index contributed by atoms with van der Waals surface area (Å²) in [6.45, 7) is 0. The second-order valence-electron chi connectivity index (χ2n) is 7.25. The highest BCUT2D eigenvalue weighted by atomic mass is 35.5. The number of nitrogens with one attached hydrogen (secondary N) is 2. The molecule has 0 saturated carbocycles. The second-order valence-corrected chi connectivity index (χ2v) is 9.37. The van der Waals surface area contributed by atoms with Crippen molar-refractivity contribution in [3.63, 3.8) is 0 Å². The molecule has 2 N–H and O–H groups in total. The topological polar surface area (TPSA) is 75.3 Å². The Bertz CT molecular complexity index is 1160. The van der Waals surface area contributed by atoms with E-state index in [2.05, 4.69) is 22.2 Å². The van der Waals surface area contributed by atoms with E-state index < -0.39 is 10.0 Å². The summed E-state index contributed by atoms with van der Waals surface area (Å²) >= 11 is 5.81. The quantitative estimate of drug-likeness (QED) is 0.589. The maximum absolute atomic E-state index is 12.7. The van der Waals surface area contributed by atoms with Gasteiger partial charge in [-0.1, -0.05) is 35.9 Å². The molecule has 7 heteroatoms. The zero-order chi connectivity index (χ0) is 21.1. The van der Waals surface area contributed by atoms with Gasteiger partial charge in [-0.05, 0) is 78.9 Å². The van der Waals surface area contributed by atoms with Crippen LogP contribution in [-0.2, 0) is 16.4 Å². The van der Waals surface area contributed by atoms with Gasteiger partial charge in [-0.2, -0.15) is 0 Å². The number of halogens is 1. The molecule has 30 heavy (non-hydrogen) atoms. The fourth-order valence-electron chi connectivity index (χ4n) is 3.66. The number of aryl methyl sites for hydroxylation is 1. The molecule has 0 radical (unpaired) electrons. The molecule has 0 heterocycles. The molecular formula is C23H21ClN2O3S. The average Bonchev–Trinajstić information content (AvgIpc) is 2.74. The predicted molar refractivity (Wildman–Crippen MR) is 118 cm³/mol. The summed E-state index contributed by atoms with van der Waals surface area (Å²) in [6.07, 6.45) is 2.97. The lowest BCUT2D eigenvalue weighted by Crippen LogP contribution is -2.30. The molecule has 154 valence electrons. The summed E-state index contributed by atoms with van der Waals surface area (Å²) in [5, 5.41) is 3.56. The third-order valence-corrected chi connectivity index (χ3v) is 6.85. The van der Waals surface area contributed by atoms with Crippen molar-refractivity contribution >= 4 is 33.2 Å². The molecule has 0 fully saturated rings. The normalized spacial score (nSPS) is 15.8. The average molecular weight is 441 g/mol. The molecule has 1 atom stereocenters. The zero-order valence-corrected chi connectivity index (χ0v) is 17.7. The number of carbonyl (C=O) groups is 1. The van der Waals surface area contributed by atoms with Crippen LogP contribution in [0.1, 0.15) is 40.4 Å². The SMILES string of the molecule is O=C(N[C@H]1CCCc2ccccc21)c1ccc(NS(=O)(=O)c2ccc(Cl)cc2)cc1. The Labute approximate surface area is 181 Å². The summed E-state index contributed by atoms with van der Waals surface area (Å²) in [4.78, 5) is 12.8. The van der Waals surface area contributed by atoms with Crippen LogP contribution in [-0.4, -0.2) is 14.3 Å². The van der Waals surface area contributed by atoms with Gasteiger partial charge in [0, 0.05) is 16.3 Å². The minimum absolute atomic E-state index is 0.00876. The fourth-order valence-corrected chi connectivity index (χ4v) is 4.85. The molecule has 4 rings (SSSR count). The molecular weight excluding hydrogens is 420 g/mol. The molecule has 1 aliphatic carbocycles. The van der Waals surface area contributed by atoms with Crippen LogP contribution in [0.25, 0.3) is 0 Å². The van der Waals surface area contributed by atoms with Gasteiger partial charge in [0.25, 0.3) is 15.9 Å². The molecule has 0 aromatic heterocycles. The van der Waals surface area contributed by atoms with Gasteiger partial charge in [0.15, 0.2) is 0 Å². The van der Waals surface area contributed by atoms with Crippen molar-refractivity contribution in [1.82, 2.24) is 5.32 Å². The van der Waals surface area contributed by atoms with Gasteiger partial charge >= 0.3 is 0 Å². The zero-order valence-electron chi connectivity index (χ0n) is 16.1. The van der Waals surface area contributed by atoms with Crippen molar-refractivity contribution in [3.8, 4) is 0 Å². The van der Waals surface area contributed by atoms with Crippen molar-refractivity contribution in [3.05, 3.63) is 94.5 Å². The Kier molecular flexibility index (Phi) is 5.79. The molecule has 1 amide bonds.